The van der Waals surface area contributed by atoms with Crippen LogP contribution in [0.25, 0.3) is 11.3 Å². The number of carbonyl (C=O) groups is 1. The number of aryl methyl sites for hydroxylation is 1. The van der Waals surface area contributed by atoms with Gasteiger partial charge in [-0.25, -0.2) is 0 Å². The lowest BCUT2D eigenvalue weighted by molar-refractivity contribution is 0.0996. The molecular formula is C12H14N4O2. The Labute approximate surface area is 104 Å². The molecule has 18 heavy (non-hydrogen) atoms. The zero-order chi connectivity index (χ0) is 13.1. The monoisotopic (exact) mass is 246 g/mol. The quantitative estimate of drug-likeness (QED) is 0.849. The highest BCUT2D eigenvalue weighted by Crippen LogP contribution is 2.31. The van der Waals surface area contributed by atoms with Gasteiger partial charge in [0.25, 0.3) is 5.91 Å². The first-order valence-corrected chi connectivity index (χ1v) is 5.58. The van der Waals surface area contributed by atoms with Crippen LogP contribution in [-0.4, -0.2) is 27.9 Å². The molecule has 0 unspecified atom stereocenters. The Kier molecular flexibility index (Phi) is 3.27. The summed E-state index contributed by atoms with van der Waals surface area (Å²) in [6.07, 6.45) is 0. The van der Waals surface area contributed by atoms with Gasteiger partial charge in [-0.15, -0.1) is 0 Å². The van der Waals surface area contributed by atoms with E-state index in [1.807, 2.05) is 32.0 Å². The predicted molar refractivity (Wildman–Crippen MR) is 66.2 cm³/mol. The average molecular weight is 246 g/mol. The van der Waals surface area contributed by atoms with Crippen molar-refractivity contribution in [3.8, 4) is 17.0 Å². The number of hydrogen-bond acceptors (Lipinski definition) is 4. The van der Waals surface area contributed by atoms with Gasteiger partial charge in [-0.1, -0.05) is 11.6 Å². The van der Waals surface area contributed by atoms with Gasteiger partial charge in [0, 0.05) is 5.56 Å². The summed E-state index contributed by atoms with van der Waals surface area (Å²) >= 11 is 0. The maximum atomic E-state index is 11.3. The molecule has 3 N–H and O–H groups in total. The van der Waals surface area contributed by atoms with Crippen molar-refractivity contribution in [3.05, 3.63) is 29.5 Å². The summed E-state index contributed by atoms with van der Waals surface area (Å²) in [5.41, 5.74) is 7.52. The van der Waals surface area contributed by atoms with Crippen LogP contribution >= 0.6 is 0 Å². The molecule has 94 valence electrons. The van der Waals surface area contributed by atoms with Crippen molar-refractivity contribution in [2.24, 2.45) is 5.73 Å². The van der Waals surface area contributed by atoms with Gasteiger partial charge >= 0.3 is 0 Å². The standard InChI is InChI=1S/C12H14N4O2/c1-3-18-9-5-4-7(2)6-8(9)10-11(12(13)17)15-16-14-10/h4-6H,3H2,1-2H3,(H2,13,17)(H,14,15,16). The molecule has 2 aromatic rings. The fourth-order valence-electron chi connectivity index (χ4n) is 1.70. The second-order valence-electron chi connectivity index (χ2n) is 3.82. The molecule has 1 heterocycles. The van der Waals surface area contributed by atoms with Crippen LogP contribution in [-0.2, 0) is 0 Å². The maximum absolute atomic E-state index is 11.3. The zero-order valence-electron chi connectivity index (χ0n) is 10.2. The lowest BCUT2D eigenvalue weighted by Crippen LogP contribution is -2.13. The molecule has 1 aromatic heterocycles. The molecule has 0 saturated carbocycles. The van der Waals surface area contributed by atoms with Crippen LogP contribution in [0, 0.1) is 6.92 Å². The molecule has 0 radical (unpaired) electrons. The van der Waals surface area contributed by atoms with Crippen LogP contribution in [0.5, 0.6) is 5.75 Å². The van der Waals surface area contributed by atoms with Gasteiger partial charge in [-0.3, -0.25) is 4.79 Å². The number of benzene rings is 1. The highest BCUT2D eigenvalue weighted by molar-refractivity contribution is 5.97. The summed E-state index contributed by atoms with van der Waals surface area (Å²) < 4.78 is 5.52. The molecule has 1 aromatic carbocycles. The first-order chi connectivity index (χ1) is 8.63. The molecule has 0 atom stereocenters. The third kappa shape index (κ3) is 2.17. The summed E-state index contributed by atoms with van der Waals surface area (Å²) in [5.74, 6) is 0.0298. The van der Waals surface area contributed by atoms with Gasteiger partial charge in [0.2, 0.25) is 0 Å². The van der Waals surface area contributed by atoms with Crippen LogP contribution in [0.3, 0.4) is 0 Å². The maximum Gasteiger partial charge on any atom is 0.271 e. The molecule has 0 spiro atoms. The van der Waals surface area contributed by atoms with E-state index < -0.39 is 5.91 Å². The second-order valence-corrected chi connectivity index (χ2v) is 3.82. The Bertz CT molecular complexity index is 577. The van der Waals surface area contributed by atoms with Crippen molar-refractivity contribution < 1.29 is 9.53 Å². The molecule has 1 amide bonds. The number of primary amides is 1. The molecular weight excluding hydrogens is 232 g/mol. The smallest absolute Gasteiger partial charge is 0.271 e. The number of aromatic nitrogens is 3. The lowest BCUT2D eigenvalue weighted by Gasteiger charge is -2.09. The van der Waals surface area contributed by atoms with E-state index in [4.69, 9.17) is 10.5 Å². The predicted octanol–water partition coefficient (Wildman–Crippen LogP) is 1.28. The van der Waals surface area contributed by atoms with Gasteiger partial charge in [0.05, 0.1) is 6.61 Å². The number of carbonyl (C=O) groups excluding carboxylic acids is 1. The van der Waals surface area contributed by atoms with Gasteiger partial charge in [-0.05, 0) is 26.0 Å². The van der Waals surface area contributed by atoms with Gasteiger partial charge in [0.15, 0.2) is 5.69 Å². The minimum absolute atomic E-state index is 0.113. The number of amides is 1. The second kappa shape index (κ2) is 4.87. The third-order valence-corrected chi connectivity index (χ3v) is 2.47. The number of H-pyrrole nitrogens is 1. The first kappa shape index (κ1) is 12.1. The van der Waals surface area contributed by atoms with Crippen molar-refractivity contribution in [1.29, 1.82) is 0 Å². The van der Waals surface area contributed by atoms with Crippen LogP contribution in [0.15, 0.2) is 18.2 Å². The normalized spacial score (nSPS) is 10.3. The number of ether oxygens (including phenoxy) is 1. The molecule has 0 bridgehead atoms. The average Bonchev–Trinajstić information content (AvgIpc) is 2.80. The molecule has 0 saturated heterocycles. The first-order valence-electron chi connectivity index (χ1n) is 5.58. The minimum Gasteiger partial charge on any atom is -0.493 e. The van der Waals surface area contributed by atoms with E-state index in [9.17, 15) is 4.79 Å². The Morgan fingerprint density at radius 3 is 2.89 bits per heavy atom. The fourth-order valence-corrected chi connectivity index (χ4v) is 1.70. The molecule has 6 heteroatoms. The molecule has 0 aliphatic rings. The topological polar surface area (TPSA) is 93.9 Å². The SMILES string of the molecule is CCOc1ccc(C)cc1-c1n[nH]nc1C(N)=O. The summed E-state index contributed by atoms with van der Waals surface area (Å²) in [6, 6.07) is 5.65. The summed E-state index contributed by atoms with van der Waals surface area (Å²) in [7, 11) is 0. The minimum atomic E-state index is -0.622. The van der Waals surface area contributed by atoms with Crippen LogP contribution < -0.4 is 10.5 Å². The number of rotatable bonds is 4. The van der Waals surface area contributed by atoms with E-state index in [2.05, 4.69) is 15.4 Å². The Morgan fingerprint density at radius 2 is 2.22 bits per heavy atom. The van der Waals surface area contributed by atoms with Crippen molar-refractivity contribution in [2.75, 3.05) is 6.61 Å². The Hall–Kier alpha value is -2.37. The Morgan fingerprint density at radius 1 is 1.44 bits per heavy atom. The third-order valence-electron chi connectivity index (χ3n) is 2.47. The summed E-state index contributed by atoms with van der Waals surface area (Å²) in [5, 5.41) is 10.1. The molecule has 2 rings (SSSR count). The van der Waals surface area contributed by atoms with E-state index in [-0.39, 0.29) is 5.69 Å². The van der Waals surface area contributed by atoms with E-state index in [1.165, 1.54) is 0 Å². The van der Waals surface area contributed by atoms with E-state index in [0.717, 1.165) is 5.56 Å². The van der Waals surface area contributed by atoms with Crippen LogP contribution in [0.1, 0.15) is 23.0 Å². The summed E-state index contributed by atoms with van der Waals surface area (Å²) in [6.45, 7) is 4.37. The lowest BCUT2D eigenvalue weighted by atomic mass is 10.1. The van der Waals surface area contributed by atoms with Gasteiger partial charge < -0.3 is 10.5 Å². The van der Waals surface area contributed by atoms with E-state index in [1.54, 1.807) is 0 Å². The number of hydrogen-bond donors (Lipinski definition) is 2. The van der Waals surface area contributed by atoms with Gasteiger partial charge in [-0.2, -0.15) is 15.4 Å². The zero-order valence-corrected chi connectivity index (χ0v) is 10.2. The van der Waals surface area contributed by atoms with Crippen molar-refractivity contribution in [2.45, 2.75) is 13.8 Å². The van der Waals surface area contributed by atoms with Crippen molar-refractivity contribution >= 4 is 5.91 Å². The van der Waals surface area contributed by atoms with Crippen LogP contribution in [0.2, 0.25) is 0 Å². The Balaban J connectivity index is 2.58. The molecule has 6 nitrogen and oxygen atoms in total. The highest BCUT2D eigenvalue weighted by atomic mass is 16.5. The number of aromatic amines is 1. The largest absolute Gasteiger partial charge is 0.493 e. The molecule has 0 fully saturated rings. The van der Waals surface area contributed by atoms with Crippen LogP contribution in [0.4, 0.5) is 0 Å². The van der Waals surface area contributed by atoms with E-state index in [0.29, 0.717) is 23.6 Å². The molecule has 0 aliphatic heterocycles. The highest BCUT2D eigenvalue weighted by Gasteiger charge is 2.18. The van der Waals surface area contributed by atoms with E-state index >= 15 is 0 Å². The van der Waals surface area contributed by atoms with Gasteiger partial charge in [0.1, 0.15) is 11.4 Å². The number of nitrogens with two attached hydrogens (primary N) is 1. The molecule has 0 aliphatic carbocycles. The number of nitrogens with one attached hydrogen (secondary N) is 1. The van der Waals surface area contributed by atoms with Crippen molar-refractivity contribution in [1.82, 2.24) is 15.4 Å². The fraction of sp³-hybridized carbons (Fsp3) is 0.250. The summed E-state index contributed by atoms with van der Waals surface area (Å²) in [4.78, 5) is 11.3. The number of nitrogens with zero attached hydrogens (tertiary/aromatic N) is 2. The van der Waals surface area contributed by atoms with Crippen molar-refractivity contribution in [3.63, 3.8) is 0 Å².